The monoisotopic (exact) mass is 281 g/mol. The molecular weight excluding hydrogens is 262 g/mol. The Labute approximate surface area is 117 Å². The number of carbonyl (C=O) groups is 2. The minimum Gasteiger partial charge on any atom is -0.482 e. The van der Waals surface area contributed by atoms with Crippen LogP contribution in [0.2, 0.25) is 0 Å². The van der Waals surface area contributed by atoms with Crippen molar-refractivity contribution in [1.82, 2.24) is 5.32 Å². The topological polar surface area (TPSA) is 117 Å². The maximum Gasteiger partial charge on any atom is 0.255 e. The predicted molar refractivity (Wildman–Crippen MR) is 74.4 cm³/mol. The van der Waals surface area contributed by atoms with Crippen molar-refractivity contribution < 1.29 is 19.1 Å². The summed E-state index contributed by atoms with van der Waals surface area (Å²) in [4.78, 5) is 22.4. The van der Waals surface area contributed by atoms with E-state index in [-0.39, 0.29) is 18.2 Å². The number of benzene rings is 1. The van der Waals surface area contributed by atoms with E-state index >= 15 is 0 Å². The molecule has 20 heavy (non-hydrogen) atoms. The van der Waals surface area contributed by atoms with Crippen LogP contribution in [0, 0.1) is 0 Å². The summed E-state index contributed by atoms with van der Waals surface area (Å²) in [5.41, 5.74) is 11.4. The molecule has 0 radical (unpaired) electrons. The summed E-state index contributed by atoms with van der Waals surface area (Å²) >= 11 is 0. The number of hydrogen-bond donors (Lipinski definition) is 3. The minimum atomic E-state index is -0.593. The Kier molecular flexibility index (Phi) is 6.31. The number of anilines is 1. The summed E-state index contributed by atoms with van der Waals surface area (Å²) < 4.78 is 9.98. The number of nitrogen functional groups attached to an aromatic ring is 1. The first-order chi connectivity index (χ1) is 9.54. The molecule has 0 saturated carbocycles. The molecule has 0 aliphatic carbocycles. The van der Waals surface area contributed by atoms with Crippen LogP contribution in [-0.4, -0.2) is 38.7 Å². The van der Waals surface area contributed by atoms with Gasteiger partial charge in [-0.15, -0.1) is 0 Å². The number of nitrogens with two attached hydrogens (primary N) is 2. The fourth-order valence-electron chi connectivity index (χ4n) is 1.49. The van der Waals surface area contributed by atoms with Crippen molar-refractivity contribution in [1.29, 1.82) is 0 Å². The molecule has 0 atom stereocenters. The van der Waals surface area contributed by atoms with Crippen LogP contribution in [0.1, 0.15) is 16.8 Å². The molecule has 0 spiro atoms. The Hall–Kier alpha value is -2.28. The van der Waals surface area contributed by atoms with E-state index in [1.54, 1.807) is 13.2 Å². The summed E-state index contributed by atoms with van der Waals surface area (Å²) in [5, 5.41) is 2.74. The first kappa shape index (κ1) is 15.8. The van der Waals surface area contributed by atoms with Crippen LogP contribution in [0.25, 0.3) is 0 Å². The van der Waals surface area contributed by atoms with Gasteiger partial charge >= 0.3 is 0 Å². The smallest absolute Gasteiger partial charge is 0.255 e. The Morgan fingerprint density at radius 1 is 1.35 bits per heavy atom. The Bertz CT molecular complexity index is 477. The predicted octanol–water partition coefficient (Wildman–Crippen LogP) is -0.101. The van der Waals surface area contributed by atoms with E-state index in [1.807, 2.05) is 0 Å². The largest absolute Gasteiger partial charge is 0.482 e. The van der Waals surface area contributed by atoms with E-state index in [4.69, 9.17) is 20.9 Å². The van der Waals surface area contributed by atoms with Gasteiger partial charge in [-0.25, -0.2) is 0 Å². The quantitative estimate of drug-likeness (QED) is 0.454. The SMILES string of the molecule is COCCCNC(=O)c1ccc(OCC(N)=O)c(N)c1. The van der Waals surface area contributed by atoms with Crippen molar-refractivity contribution in [2.24, 2.45) is 5.73 Å². The van der Waals surface area contributed by atoms with Gasteiger partial charge in [-0.1, -0.05) is 0 Å². The number of carbonyl (C=O) groups excluding carboxylic acids is 2. The molecule has 2 amide bonds. The molecule has 0 heterocycles. The van der Waals surface area contributed by atoms with Crippen LogP contribution in [0.3, 0.4) is 0 Å². The average molecular weight is 281 g/mol. The highest BCUT2D eigenvalue weighted by atomic mass is 16.5. The summed E-state index contributed by atoms with van der Waals surface area (Å²) in [7, 11) is 1.60. The molecule has 0 fully saturated rings. The van der Waals surface area contributed by atoms with Crippen molar-refractivity contribution in [3.8, 4) is 5.75 Å². The molecule has 0 aliphatic rings. The van der Waals surface area contributed by atoms with Gasteiger partial charge in [0, 0.05) is 25.8 Å². The average Bonchev–Trinajstić information content (AvgIpc) is 2.41. The fourth-order valence-corrected chi connectivity index (χ4v) is 1.49. The Morgan fingerprint density at radius 2 is 2.10 bits per heavy atom. The van der Waals surface area contributed by atoms with Gasteiger partial charge in [0.2, 0.25) is 0 Å². The Morgan fingerprint density at radius 3 is 2.70 bits per heavy atom. The number of methoxy groups -OCH3 is 1. The number of hydrogen-bond acceptors (Lipinski definition) is 5. The molecule has 0 bridgehead atoms. The lowest BCUT2D eigenvalue weighted by molar-refractivity contribution is -0.119. The van der Waals surface area contributed by atoms with Crippen molar-refractivity contribution in [2.75, 3.05) is 32.6 Å². The highest BCUT2D eigenvalue weighted by Gasteiger charge is 2.09. The van der Waals surface area contributed by atoms with Crippen molar-refractivity contribution >= 4 is 17.5 Å². The van der Waals surface area contributed by atoms with Gasteiger partial charge < -0.3 is 26.3 Å². The lowest BCUT2D eigenvalue weighted by Crippen LogP contribution is -2.25. The second kappa shape index (κ2) is 8.00. The summed E-state index contributed by atoms with van der Waals surface area (Å²) in [6.07, 6.45) is 0.734. The second-order valence-corrected chi connectivity index (χ2v) is 4.11. The first-order valence-corrected chi connectivity index (χ1v) is 6.12. The van der Waals surface area contributed by atoms with Gasteiger partial charge in [0.15, 0.2) is 6.61 Å². The van der Waals surface area contributed by atoms with Crippen LogP contribution in [0.5, 0.6) is 5.75 Å². The van der Waals surface area contributed by atoms with Crippen LogP contribution < -0.4 is 21.5 Å². The van der Waals surface area contributed by atoms with Gasteiger partial charge in [-0.3, -0.25) is 9.59 Å². The van der Waals surface area contributed by atoms with Crippen LogP contribution in [0.15, 0.2) is 18.2 Å². The van der Waals surface area contributed by atoms with Crippen molar-refractivity contribution in [3.05, 3.63) is 23.8 Å². The van der Waals surface area contributed by atoms with Gasteiger partial charge in [0.25, 0.3) is 11.8 Å². The zero-order valence-electron chi connectivity index (χ0n) is 11.3. The maximum atomic E-state index is 11.8. The highest BCUT2D eigenvalue weighted by molar-refractivity contribution is 5.95. The lowest BCUT2D eigenvalue weighted by atomic mass is 10.1. The zero-order valence-corrected chi connectivity index (χ0v) is 11.3. The minimum absolute atomic E-state index is 0.228. The molecule has 0 aromatic heterocycles. The van der Waals surface area contributed by atoms with Crippen molar-refractivity contribution in [2.45, 2.75) is 6.42 Å². The molecule has 7 heteroatoms. The molecule has 7 nitrogen and oxygen atoms in total. The number of primary amides is 1. The molecule has 110 valence electrons. The third-order valence-electron chi connectivity index (χ3n) is 2.45. The van der Waals surface area contributed by atoms with E-state index in [0.717, 1.165) is 6.42 Å². The Balaban J connectivity index is 2.57. The van der Waals surface area contributed by atoms with E-state index in [9.17, 15) is 9.59 Å². The lowest BCUT2D eigenvalue weighted by Gasteiger charge is -2.09. The van der Waals surface area contributed by atoms with Crippen LogP contribution in [-0.2, 0) is 9.53 Å². The van der Waals surface area contributed by atoms with Gasteiger partial charge in [-0.05, 0) is 24.6 Å². The van der Waals surface area contributed by atoms with E-state index in [0.29, 0.717) is 24.5 Å². The molecule has 0 saturated heterocycles. The van der Waals surface area contributed by atoms with E-state index < -0.39 is 5.91 Å². The normalized spacial score (nSPS) is 10.1. The van der Waals surface area contributed by atoms with E-state index in [2.05, 4.69) is 5.32 Å². The zero-order chi connectivity index (χ0) is 15.0. The molecule has 5 N–H and O–H groups in total. The fraction of sp³-hybridized carbons (Fsp3) is 0.385. The molecule has 1 rings (SSSR count). The van der Waals surface area contributed by atoms with Crippen LogP contribution in [0.4, 0.5) is 5.69 Å². The van der Waals surface area contributed by atoms with Gasteiger partial charge in [0.05, 0.1) is 5.69 Å². The first-order valence-electron chi connectivity index (χ1n) is 6.12. The van der Waals surface area contributed by atoms with Gasteiger partial charge in [-0.2, -0.15) is 0 Å². The third kappa shape index (κ3) is 5.15. The summed E-state index contributed by atoms with van der Waals surface area (Å²) in [6.45, 7) is 0.849. The number of nitrogens with one attached hydrogen (secondary N) is 1. The number of rotatable bonds is 8. The van der Waals surface area contributed by atoms with E-state index in [1.165, 1.54) is 12.1 Å². The highest BCUT2D eigenvalue weighted by Crippen LogP contribution is 2.22. The molecular formula is C13H19N3O4. The molecule has 0 unspecified atom stereocenters. The van der Waals surface area contributed by atoms with Gasteiger partial charge in [0.1, 0.15) is 5.75 Å². The maximum absolute atomic E-state index is 11.8. The summed E-state index contributed by atoms with van der Waals surface area (Å²) in [6, 6.07) is 4.59. The summed E-state index contributed by atoms with van der Waals surface area (Å²) in [5.74, 6) is -0.502. The second-order valence-electron chi connectivity index (χ2n) is 4.11. The molecule has 1 aromatic rings. The van der Waals surface area contributed by atoms with Crippen LogP contribution >= 0.6 is 0 Å². The third-order valence-corrected chi connectivity index (χ3v) is 2.45. The number of amides is 2. The molecule has 1 aromatic carbocycles. The van der Waals surface area contributed by atoms with Crippen molar-refractivity contribution in [3.63, 3.8) is 0 Å². The standard InChI is InChI=1S/C13H19N3O4/c1-19-6-2-5-16-13(18)9-3-4-11(10(14)7-9)20-8-12(15)17/h3-4,7H,2,5-6,8,14H2,1H3,(H2,15,17)(H,16,18). The molecule has 0 aliphatic heterocycles. The number of ether oxygens (including phenoxy) is 2.